The number of rotatable bonds is 4. The van der Waals surface area contributed by atoms with Crippen molar-refractivity contribution >= 4 is 0 Å². The highest BCUT2D eigenvalue weighted by Gasteiger charge is 1.91. The van der Waals surface area contributed by atoms with Crippen molar-refractivity contribution in [1.82, 2.24) is 0 Å². The Balaban J connectivity index is 2.58. The van der Waals surface area contributed by atoms with Gasteiger partial charge in [0, 0.05) is 0 Å². The lowest BCUT2D eigenvalue weighted by atomic mass is 10.1. The topological polar surface area (TPSA) is 20.2 Å². The zero-order chi connectivity index (χ0) is 8.81. The second-order valence-corrected chi connectivity index (χ2v) is 2.80. The van der Waals surface area contributed by atoms with Crippen molar-refractivity contribution in [2.24, 2.45) is 0 Å². The van der Waals surface area contributed by atoms with Crippen molar-refractivity contribution in [3.05, 3.63) is 48.0 Å². The molecule has 0 saturated heterocycles. The Kier molecular flexibility index (Phi) is 3.55. The van der Waals surface area contributed by atoms with Crippen LogP contribution in [0, 0.1) is 0 Å². The number of hydrogen-bond acceptors (Lipinski definition) is 1. The highest BCUT2D eigenvalue weighted by atomic mass is 16.3. The molecule has 0 aliphatic rings. The molecule has 0 atom stereocenters. The van der Waals surface area contributed by atoms with E-state index in [4.69, 9.17) is 5.11 Å². The monoisotopic (exact) mass is 162 g/mol. The predicted molar refractivity (Wildman–Crippen MR) is 50.9 cm³/mol. The van der Waals surface area contributed by atoms with E-state index >= 15 is 0 Å². The largest absolute Gasteiger partial charge is 0.392 e. The molecular formula is C11H14O. The molecule has 1 aromatic rings. The quantitative estimate of drug-likeness (QED) is 0.673. The van der Waals surface area contributed by atoms with Gasteiger partial charge in [-0.3, -0.25) is 0 Å². The lowest BCUT2D eigenvalue weighted by Gasteiger charge is -1.99. The van der Waals surface area contributed by atoms with E-state index in [0.29, 0.717) is 0 Å². The van der Waals surface area contributed by atoms with Gasteiger partial charge < -0.3 is 5.11 Å². The number of benzene rings is 1. The van der Waals surface area contributed by atoms with Gasteiger partial charge >= 0.3 is 0 Å². The highest BCUT2D eigenvalue weighted by Crippen LogP contribution is 2.06. The van der Waals surface area contributed by atoms with Gasteiger partial charge in [-0.2, -0.15) is 0 Å². The Labute approximate surface area is 73.4 Å². The summed E-state index contributed by atoms with van der Waals surface area (Å²) in [5.74, 6) is 0. The zero-order valence-corrected chi connectivity index (χ0v) is 7.16. The second kappa shape index (κ2) is 4.73. The van der Waals surface area contributed by atoms with E-state index in [-0.39, 0.29) is 6.61 Å². The number of allylic oxidation sites excluding steroid dienone is 1. The van der Waals surface area contributed by atoms with Crippen LogP contribution in [0.3, 0.4) is 0 Å². The molecule has 1 aromatic carbocycles. The molecule has 0 aromatic heterocycles. The summed E-state index contributed by atoms with van der Waals surface area (Å²) in [6.45, 7) is 3.80. The fourth-order valence-corrected chi connectivity index (χ4v) is 1.08. The maximum Gasteiger partial charge on any atom is 0.0681 e. The third-order valence-corrected chi connectivity index (χ3v) is 1.84. The SMILES string of the molecule is C=CCCc1ccc(CO)cc1. The molecule has 0 saturated carbocycles. The van der Waals surface area contributed by atoms with Gasteiger partial charge in [0.1, 0.15) is 0 Å². The van der Waals surface area contributed by atoms with E-state index in [1.54, 1.807) is 0 Å². The lowest BCUT2D eigenvalue weighted by molar-refractivity contribution is 0.282. The Bertz CT molecular complexity index is 236. The summed E-state index contributed by atoms with van der Waals surface area (Å²) >= 11 is 0. The lowest BCUT2D eigenvalue weighted by Crippen LogP contribution is -1.86. The minimum atomic E-state index is 0.127. The van der Waals surface area contributed by atoms with Crippen molar-refractivity contribution in [3.8, 4) is 0 Å². The van der Waals surface area contributed by atoms with Crippen LogP contribution in [0.5, 0.6) is 0 Å². The maximum absolute atomic E-state index is 8.79. The van der Waals surface area contributed by atoms with Crippen molar-refractivity contribution < 1.29 is 5.11 Å². The molecule has 64 valence electrons. The molecule has 0 radical (unpaired) electrons. The molecule has 0 heterocycles. The number of aliphatic hydroxyl groups excluding tert-OH is 1. The first-order chi connectivity index (χ1) is 5.86. The third kappa shape index (κ3) is 2.51. The van der Waals surface area contributed by atoms with Gasteiger partial charge in [-0.25, -0.2) is 0 Å². The molecule has 0 bridgehead atoms. The Morgan fingerprint density at radius 3 is 2.25 bits per heavy atom. The number of hydrogen-bond donors (Lipinski definition) is 1. The van der Waals surface area contributed by atoms with Gasteiger partial charge in [0.15, 0.2) is 0 Å². The molecule has 0 unspecified atom stereocenters. The number of aliphatic hydroxyl groups is 1. The Hall–Kier alpha value is -1.08. The van der Waals surface area contributed by atoms with Crippen LogP contribution in [0.4, 0.5) is 0 Å². The first-order valence-electron chi connectivity index (χ1n) is 4.16. The van der Waals surface area contributed by atoms with Crippen molar-refractivity contribution in [2.75, 3.05) is 0 Å². The second-order valence-electron chi connectivity index (χ2n) is 2.80. The first-order valence-corrected chi connectivity index (χ1v) is 4.16. The highest BCUT2D eigenvalue weighted by molar-refractivity contribution is 5.22. The molecule has 0 aliphatic heterocycles. The van der Waals surface area contributed by atoms with Gasteiger partial charge in [0.25, 0.3) is 0 Å². The van der Waals surface area contributed by atoms with Gasteiger partial charge in [-0.1, -0.05) is 30.3 Å². The van der Waals surface area contributed by atoms with Crippen LogP contribution < -0.4 is 0 Å². The molecule has 0 fully saturated rings. The molecule has 1 N–H and O–H groups in total. The van der Waals surface area contributed by atoms with Crippen LogP contribution in [-0.2, 0) is 13.0 Å². The minimum absolute atomic E-state index is 0.127. The molecule has 1 nitrogen and oxygen atoms in total. The van der Waals surface area contributed by atoms with E-state index in [1.807, 2.05) is 18.2 Å². The van der Waals surface area contributed by atoms with E-state index in [9.17, 15) is 0 Å². The molecule has 0 aliphatic carbocycles. The van der Waals surface area contributed by atoms with Crippen molar-refractivity contribution in [3.63, 3.8) is 0 Å². The predicted octanol–water partition coefficient (Wildman–Crippen LogP) is 2.30. The normalized spacial score (nSPS) is 9.75. The van der Waals surface area contributed by atoms with E-state index in [2.05, 4.69) is 18.7 Å². The van der Waals surface area contributed by atoms with Crippen molar-refractivity contribution in [2.45, 2.75) is 19.4 Å². The van der Waals surface area contributed by atoms with Crippen LogP contribution in [0.2, 0.25) is 0 Å². The minimum Gasteiger partial charge on any atom is -0.392 e. The van der Waals surface area contributed by atoms with Crippen LogP contribution in [0.1, 0.15) is 17.5 Å². The Morgan fingerprint density at radius 1 is 1.17 bits per heavy atom. The molecule has 1 rings (SSSR count). The molecule has 0 spiro atoms. The van der Waals surface area contributed by atoms with E-state index in [1.165, 1.54) is 5.56 Å². The molecule has 1 heteroatoms. The summed E-state index contributed by atoms with van der Waals surface area (Å²) in [7, 11) is 0. The fourth-order valence-electron chi connectivity index (χ4n) is 1.08. The number of aryl methyl sites for hydroxylation is 1. The Morgan fingerprint density at radius 2 is 1.75 bits per heavy atom. The summed E-state index contributed by atoms with van der Waals surface area (Å²) in [6, 6.07) is 8.01. The molecular weight excluding hydrogens is 148 g/mol. The molecule has 0 amide bonds. The standard InChI is InChI=1S/C11H14O/c1-2-3-4-10-5-7-11(9-12)8-6-10/h2,5-8,12H,1,3-4,9H2. The fraction of sp³-hybridized carbons (Fsp3) is 0.273. The van der Waals surface area contributed by atoms with Crippen LogP contribution >= 0.6 is 0 Å². The first kappa shape index (κ1) is 9.01. The maximum atomic E-state index is 8.79. The summed E-state index contributed by atoms with van der Waals surface area (Å²) in [5, 5.41) is 8.79. The van der Waals surface area contributed by atoms with E-state index in [0.717, 1.165) is 18.4 Å². The summed E-state index contributed by atoms with van der Waals surface area (Å²) in [6.07, 6.45) is 3.97. The molecule has 12 heavy (non-hydrogen) atoms. The summed E-state index contributed by atoms with van der Waals surface area (Å²) in [5.41, 5.74) is 2.27. The summed E-state index contributed by atoms with van der Waals surface area (Å²) < 4.78 is 0. The van der Waals surface area contributed by atoms with Crippen LogP contribution in [0.15, 0.2) is 36.9 Å². The van der Waals surface area contributed by atoms with Crippen LogP contribution in [0.25, 0.3) is 0 Å². The zero-order valence-electron chi connectivity index (χ0n) is 7.16. The van der Waals surface area contributed by atoms with Crippen LogP contribution in [-0.4, -0.2) is 5.11 Å². The average Bonchev–Trinajstić information content (AvgIpc) is 2.15. The third-order valence-electron chi connectivity index (χ3n) is 1.84. The smallest absolute Gasteiger partial charge is 0.0681 e. The van der Waals surface area contributed by atoms with Gasteiger partial charge in [0.05, 0.1) is 6.61 Å². The van der Waals surface area contributed by atoms with Crippen molar-refractivity contribution in [1.29, 1.82) is 0 Å². The van der Waals surface area contributed by atoms with E-state index < -0.39 is 0 Å². The average molecular weight is 162 g/mol. The van der Waals surface area contributed by atoms with Gasteiger partial charge in [0.2, 0.25) is 0 Å². The van der Waals surface area contributed by atoms with Gasteiger partial charge in [-0.15, -0.1) is 6.58 Å². The summed E-state index contributed by atoms with van der Waals surface area (Å²) in [4.78, 5) is 0. The van der Waals surface area contributed by atoms with Gasteiger partial charge in [-0.05, 0) is 24.0 Å².